The molecule has 9 heteroatoms. The zero-order valence-corrected chi connectivity index (χ0v) is 22.8. The summed E-state index contributed by atoms with van der Waals surface area (Å²) in [5, 5.41) is 16.1. The average molecular weight is 541 g/mol. The summed E-state index contributed by atoms with van der Waals surface area (Å²) in [4.78, 5) is 20.4. The van der Waals surface area contributed by atoms with E-state index in [0.717, 1.165) is 48.9 Å². The summed E-state index contributed by atoms with van der Waals surface area (Å²) in [6.07, 6.45) is 2.92. The van der Waals surface area contributed by atoms with Gasteiger partial charge in [0.05, 0.1) is 12.6 Å². The Bertz CT molecular complexity index is 1570. The lowest BCUT2D eigenvalue weighted by atomic mass is 10.0. The molecule has 200 valence electrons. The lowest BCUT2D eigenvalue weighted by molar-refractivity contribution is 0.0906. The molecular formula is C30H32N6O2S. The smallest absolute Gasteiger partial charge is 0.253 e. The lowest BCUT2D eigenvalue weighted by Crippen LogP contribution is -2.36. The third kappa shape index (κ3) is 5.85. The first kappa shape index (κ1) is 25.6. The Balaban J connectivity index is 1.46. The molecule has 1 saturated heterocycles. The maximum atomic E-state index is 13.7. The van der Waals surface area contributed by atoms with Gasteiger partial charge in [-0.2, -0.15) is 0 Å². The molecule has 0 bridgehead atoms. The van der Waals surface area contributed by atoms with E-state index in [1.54, 1.807) is 11.3 Å². The highest BCUT2D eigenvalue weighted by Crippen LogP contribution is 2.30. The van der Waals surface area contributed by atoms with Gasteiger partial charge < -0.3 is 9.72 Å². The second-order valence-corrected chi connectivity index (χ2v) is 11.2. The molecule has 0 amide bonds. The Hall–Kier alpha value is -3.66. The molecule has 2 unspecified atom stereocenters. The van der Waals surface area contributed by atoms with Crippen molar-refractivity contribution in [3.63, 3.8) is 0 Å². The van der Waals surface area contributed by atoms with Crippen molar-refractivity contribution < 1.29 is 4.74 Å². The molecule has 39 heavy (non-hydrogen) atoms. The minimum absolute atomic E-state index is 0.0702. The highest BCUT2D eigenvalue weighted by Gasteiger charge is 2.32. The van der Waals surface area contributed by atoms with E-state index >= 15 is 0 Å². The average Bonchev–Trinajstić information content (AvgIpc) is 3.73. The van der Waals surface area contributed by atoms with Crippen molar-refractivity contribution in [2.45, 2.75) is 51.4 Å². The van der Waals surface area contributed by atoms with Crippen LogP contribution in [0.2, 0.25) is 0 Å². The molecule has 0 radical (unpaired) electrons. The molecule has 1 N–H and O–H groups in total. The van der Waals surface area contributed by atoms with Crippen LogP contribution in [0.15, 0.2) is 76.9 Å². The summed E-state index contributed by atoms with van der Waals surface area (Å²) in [6, 6.07) is 22.4. The second-order valence-electron chi connectivity index (χ2n) is 10.2. The SMILES string of the molecule is Cc1ccc2cc(C(c3nnnn3CC3CCCO3)N(CCc3ccccc3)Cc3cccs3)c(=O)[nH]c2c1. The van der Waals surface area contributed by atoms with Crippen molar-refractivity contribution in [2.75, 3.05) is 13.2 Å². The van der Waals surface area contributed by atoms with Crippen LogP contribution >= 0.6 is 11.3 Å². The number of aromatic nitrogens is 5. The van der Waals surface area contributed by atoms with Crippen molar-refractivity contribution in [1.29, 1.82) is 0 Å². The van der Waals surface area contributed by atoms with Gasteiger partial charge in [-0.25, -0.2) is 4.68 Å². The van der Waals surface area contributed by atoms with Crippen LogP contribution in [0, 0.1) is 6.92 Å². The number of nitrogens with one attached hydrogen (secondary N) is 1. The summed E-state index contributed by atoms with van der Waals surface area (Å²) in [6.45, 7) is 4.75. The third-order valence-corrected chi connectivity index (χ3v) is 8.23. The van der Waals surface area contributed by atoms with Crippen LogP contribution in [0.5, 0.6) is 0 Å². The Kier molecular flexibility index (Phi) is 7.62. The number of hydrogen-bond donors (Lipinski definition) is 1. The van der Waals surface area contributed by atoms with Crippen molar-refractivity contribution in [3.05, 3.63) is 110 Å². The number of benzene rings is 2. The van der Waals surface area contributed by atoms with Gasteiger partial charge in [0.1, 0.15) is 6.04 Å². The Labute approximate surface area is 231 Å². The van der Waals surface area contributed by atoms with E-state index in [0.29, 0.717) is 24.5 Å². The molecule has 0 spiro atoms. The molecule has 8 nitrogen and oxygen atoms in total. The summed E-state index contributed by atoms with van der Waals surface area (Å²) >= 11 is 1.72. The number of aromatic amines is 1. The van der Waals surface area contributed by atoms with E-state index in [1.807, 2.05) is 29.8 Å². The zero-order chi connectivity index (χ0) is 26.6. The number of rotatable bonds is 10. The number of ether oxygens (including phenoxy) is 1. The first-order chi connectivity index (χ1) is 19.1. The molecule has 1 fully saturated rings. The Morgan fingerprint density at radius 2 is 2.05 bits per heavy atom. The van der Waals surface area contributed by atoms with Gasteiger partial charge in [-0.1, -0.05) is 48.5 Å². The number of thiophene rings is 1. The Morgan fingerprint density at radius 1 is 1.15 bits per heavy atom. The van der Waals surface area contributed by atoms with Crippen molar-refractivity contribution >= 4 is 22.2 Å². The van der Waals surface area contributed by atoms with E-state index in [9.17, 15) is 4.79 Å². The number of pyridine rings is 1. The second kappa shape index (κ2) is 11.6. The first-order valence-electron chi connectivity index (χ1n) is 13.5. The number of hydrogen-bond acceptors (Lipinski definition) is 7. The van der Waals surface area contributed by atoms with Crippen LogP contribution in [0.3, 0.4) is 0 Å². The predicted molar refractivity (Wildman–Crippen MR) is 153 cm³/mol. The molecule has 2 atom stereocenters. The molecule has 1 aliphatic rings. The first-order valence-corrected chi connectivity index (χ1v) is 14.3. The van der Waals surface area contributed by atoms with Gasteiger partial charge >= 0.3 is 0 Å². The highest BCUT2D eigenvalue weighted by molar-refractivity contribution is 7.09. The Morgan fingerprint density at radius 3 is 2.85 bits per heavy atom. The number of nitrogens with zero attached hydrogens (tertiary/aromatic N) is 5. The van der Waals surface area contributed by atoms with Gasteiger partial charge in [0.15, 0.2) is 5.82 Å². The molecule has 4 heterocycles. The van der Waals surface area contributed by atoms with Crippen molar-refractivity contribution in [2.24, 2.45) is 0 Å². The van der Waals surface area contributed by atoms with Crippen LogP contribution in [0.25, 0.3) is 10.9 Å². The molecule has 6 rings (SSSR count). The molecular weight excluding hydrogens is 508 g/mol. The zero-order valence-electron chi connectivity index (χ0n) is 22.0. The summed E-state index contributed by atoms with van der Waals surface area (Å²) in [5.74, 6) is 0.659. The minimum Gasteiger partial charge on any atom is -0.376 e. The van der Waals surface area contributed by atoms with Gasteiger partial charge in [-0.05, 0) is 76.7 Å². The van der Waals surface area contributed by atoms with E-state index in [4.69, 9.17) is 4.74 Å². The molecule has 1 aliphatic heterocycles. The van der Waals surface area contributed by atoms with Gasteiger partial charge in [0.2, 0.25) is 0 Å². The van der Waals surface area contributed by atoms with Crippen LogP contribution in [0.4, 0.5) is 0 Å². The van der Waals surface area contributed by atoms with Crippen LogP contribution in [-0.4, -0.2) is 49.3 Å². The molecule has 5 aromatic rings. The predicted octanol–water partition coefficient (Wildman–Crippen LogP) is 4.90. The normalized spacial score (nSPS) is 16.3. The van der Waals surface area contributed by atoms with Crippen LogP contribution in [-0.2, 0) is 24.2 Å². The summed E-state index contributed by atoms with van der Waals surface area (Å²) < 4.78 is 7.75. The van der Waals surface area contributed by atoms with Gasteiger partial charge in [-0.3, -0.25) is 9.69 Å². The van der Waals surface area contributed by atoms with Crippen LogP contribution in [0.1, 0.15) is 46.3 Å². The van der Waals surface area contributed by atoms with E-state index in [1.165, 1.54) is 10.4 Å². The number of fused-ring (bicyclic) bond motifs is 1. The van der Waals surface area contributed by atoms with E-state index in [-0.39, 0.29) is 11.7 Å². The van der Waals surface area contributed by atoms with Crippen molar-refractivity contribution in [3.8, 4) is 0 Å². The third-order valence-electron chi connectivity index (χ3n) is 7.36. The summed E-state index contributed by atoms with van der Waals surface area (Å²) in [7, 11) is 0. The number of tetrazole rings is 1. The maximum Gasteiger partial charge on any atom is 0.253 e. The van der Waals surface area contributed by atoms with Gasteiger partial charge in [0, 0.05) is 35.7 Å². The number of aryl methyl sites for hydroxylation is 1. The van der Waals surface area contributed by atoms with Crippen LogP contribution < -0.4 is 5.56 Å². The fourth-order valence-electron chi connectivity index (χ4n) is 5.37. The minimum atomic E-state index is -0.443. The lowest BCUT2D eigenvalue weighted by Gasteiger charge is -2.31. The fraction of sp³-hybridized carbons (Fsp3) is 0.333. The van der Waals surface area contributed by atoms with Gasteiger partial charge in [0.25, 0.3) is 5.56 Å². The molecule has 2 aromatic carbocycles. The van der Waals surface area contributed by atoms with E-state index in [2.05, 4.69) is 79.3 Å². The monoisotopic (exact) mass is 540 g/mol. The van der Waals surface area contributed by atoms with Gasteiger partial charge in [-0.15, -0.1) is 16.4 Å². The van der Waals surface area contributed by atoms with E-state index < -0.39 is 6.04 Å². The number of H-pyrrole nitrogens is 1. The summed E-state index contributed by atoms with van der Waals surface area (Å²) in [5.41, 5.74) is 3.69. The fourth-order valence-corrected chi connectivity index (χ4v) is 6.10. The molecule has 0 saturated carbocycles. The topological polar surface area (TPSA) is 88.9 Å². The standard InChI is InChI=1S/C30H32N6O2S/c1-21-11-12-23-18-26(30(37)31-27(23)17-21)28(29-32-33-34-36(29)19-24-9-5-15-38-24)35(20-25-10-6-16-39-25)14-13-22-7-3-2-4-8-22/h2-4,6-8,10-12,16-18,24,28H,5,9,13-15,19-20H2,1H3,(H,31,37). The largest absolute Gasteiger partial charge is 0.376 e. The maximum absolute atomic E-state index is 13.7. The van der Waals surface area contributed by atoms with Crippen molar-refractivity contribution in [1.82, 2.24) is 30.1 Å². The highest BCUT2D eigenvalue weighted by atomic mass is 32.1. The molecule has 3 aromatic heterocycles. The quantitative estimate of drug-likeness (QED) is 0.271. The molecule has 0 aliphatic carbocycles.